The quantitative estimate of drug-likeness (QED) is 0.833. The number of nitrogens with one attached hydrogen (secondary N) is 1. The van der Waals surface area contributed by atoms with Crippen LogP contribution in [-0.2, 0) is 4.79 Å². The van der Waals surface area contributed by atoms with Crippen LogP contribution in [0.2, 0.25) is 0 Å². The first kappa shape index (κ1) is 15.2. The van der Waals surface area contributed by atoms with Crippen molar-refractivity contribution in [3.05, 3.63) is 33.7 Å². The van der Waals surface area contributed by atoms with Crippen LogP contribution in [-0.4, -0.2) is 32.4 Å². The number of rotatable bonds is 6. The summed E-state index contributed by atoms with van der Waals surface area (Å²) < 4.78 is 1.33. The third kappa shape index (κ3) is 3.66. The first-order valence-corrected chi connectivity index (χ1v) is 7.34. The van der Waals surface area contributed by atoms with Crippen LogP contribution in [0, 0.1) is 0 Å². The van der Waals surface area contributed by atoms with Gasteiger partial charge < -0.3 is 10.4 Å². The highest BCUT2D eigenvalue weighted by atomic mass is 32.1. The molecule has 2 heterocycles. The lowest BCUT2D eigenvalue weighted by Gasteiger charge is -2.12. The van der Waals surface area contributed by atoms with Gasteiger partial charge in [0.15, 0.2) is 4.96 Å². The molecule has 0 saturated carbocycles. The average molecular weight is 309 g/mol. The Kier molecular flexibility index (Phi) is 4.69. The number of carboxylic acids is 1. The minimum absolute atomic E-state index is 0.0176. The average Bonchev–Trinajstić information content (AvgIpc) is 2.87. The van der Waals surface area contributed by atoms with Crippen LogP contribution < -0.4 is 10.9 Å². The molecule has 112 valence electrons. The Morgan fingerprint density at radius 3 is 3.00 bits per heavy atom. The van der Waals surface area contributed by atoms with E-state index in [4.69, 9.17) is 5.11 Å². The van der Waals surface area contributed by atoms with E-state index in [1.165, 1.54) is 21.9 Å². The molecule has 0 aliphatic heterocycles. The zero-order valence-electron chi connectivity index (χ0n) is 11.4. The van der Waals surface area contributed by atoms with Gasteiger partial charge in [0.05, 0.1) is 0 Å². The standard InChI is InChI=1S/C13H15N3O4S/c1-8(3-2-4-10(17)18)15-11(19)9-7-14-13-16(12(9)20)5-6-21-13/h5-8H,2-4H2,1H3,(H,15,19)(H,17,18). The molecule has 8 heteroatoms. The van der Waals surface area contributed by atoms with Gasteiger partial charge in [-0.05, 0) is 19.8 Å². The molecule has 0 radical (unpaired) electrons. The van der Waals surface area contributed by atoms with Crippen LogP contribution in [0.3, 0.4) is 0 Å². The number of carbonyl (C=O) groups is 2. The summed E-state index contributed by atoms with van der Waals surface area (Å²) in [5, 5.41) is 13.0. The monoisotopic (exact) mass is 309 g/mol. The minimum Gasteiger partial charge on any atom is -0.481 e. The Morgan fingerprint density at radius 2 is 2.29 bits per heavy atom. The first-order valence-electron chi connectivity index (χ1n) is 6.46. The third-order valence-corrected chi connectivity index (χ3v) is 3.76. The van der Waals surface area contributed by atoms with Crippen LogP contribution in [0.4, 0.5) is 0 Å². The van der Waals surface area contributed by atoms with Crippen LogP contribution in [0.25, 0.3) is 4.96 Å². The van der Waals surface area contributed by atoms with E-state index < -0.39 is 17.4 Å². The molecule has 1 amide bonds. The van der Waals surface area contributed by atoms with Gasteiger partial charge in [-0.25, -0.2) is 4.98 Å². The number of carboxylic acid groups (broad SMARTS) is 1. The fourth-order valence-electron chi connectivity index (χ4n) is 1.91. The highest BCUT2D eigenvalue weighted by Crippen LogP contribution is 2.06. The largest absolute Gasteiger partial charge is 0.481 e. The van der Waals surface area contributed by atoms with Gasteiger partial charge >= 0.3 is 5.97 Å². The maximum atomic E-state index is 12.1. The summed E-state index contributed by atoms with van der Waals surface area (Å²) in [5.41, 5.74) is -0.424. The fraction of sp³-hybridized carbons (Fsp3) is 0.385. The van der Waals surface area contributed by atoms with E-state index in [1.54, 1.807) is 18.5 Å². The number of nitrogens with zero attached hydrogens (tertiary/aromatic N) is 2. The lowest BCUT2D eigenvalue weighted by Crippen LogP contribution is -2.36. The van der Waals surface area contributed by atoms with Crippen molar-refractivity contribution in [2.75, 3.05) is 0 Å². The summed E-state index contributed by atoms with van der Waals surface area (Å²) in [7, 11) is 0. The molecule has 2 aromatic rings. The van der Waals surface area contributed by atoms with Crippen LogP contribution >= 0.6 is 11.3 Å². The Balaban J connectivity index is 2.03. The van der Waals surface area contributed by atoms with Crippen molar-refractivity contribution in [2.24, 2.45) is 0 Å². The molecular formula is C13H15N3O4S. The predicted molar refractivity (Wildman–Crippen MR) is 77.8 cm³/mol. The SMILES string of the molecule is CC(CCCC(=O)O)NC(=O)c1cnc2sccn2c1=O. The predicted octanol–water partition coefficient (Wildman–Crippen LogP) is 1.13. The number of aromatic nitrogens is 2. The van der Waals surface area contributed by atoms with Crippen molar-refractivity contribution in [3.8, 4) is 0 Å². The molecule has 0 saturated heterocycles. The van der Waals surface area contributed by atoms with E-state index in [9.17, 15) is 14.4 Å². The lowest BCUT2D eigenvalue weighted by molar-refractivity contribution is -0.137. The van der Waals surface area contributed by atoms with Gasteiger partial charge in [-0.2, -0.15) is 0 Å². The Bertz CT molecular complexity index is 722. The molecule has 7 nitrogen and oxygen atoms in total. The number of hydrogen-bond donors (Lipinski definition) is 2. The second-order valence-corrected chi connectivity index (χ2v) is 5.57. The summed E-state index contributed by atoms with van der Waals surface area (Å²) in [6, 6.07) is -0.209. The van der Waals surface area contributed by atoms with Crippen molar-refractivity contribution in [2.45, 2.75) is 32.2 Å². The van der Waals surface area contributed by atoms with Crippen molar-refractivity contribution < 1.29 is 14.7 Å². The van der Waals surface area contributed by atoms with Gasteiger partial charge in [0, 0.05) is 30.2 Å². The third-order valence-electron chi connectivity index (χ3n) is 2.99. The number of hydrogen-bond acceptors (Lipinski definition) is 5. The highest BCUT2D eigenvalue weighted by molar-refractivity contribution is 7.15. The number of carbonyl (C=O) groups excluding carboxylic acids is 1. The maximum Gasteiger partial charge on any atom is 0.303 e. The number of amides is 1. The molecule has 0 bridgehead atoms. The van der Waals surface area contributed by atoms with Gasteiger partial charge in [-0.1, -0.05) is 0 Å². The molecule has 21 heavy (non-hydrogen) atoms. The van der Waals surface area contributed by atoms with E-state index in [0.717, 1.165) is 0 Å². The molecule has 2 aromatic heterocycles. The van der Waals surface area contributed by atoms with Crippen LogP contribution in [0.5, 0.6) is 0 Å². The molecule has 0 fully saturated rings. The van der Waals surface area contributed by atoms with Crippen molar-refractivity contribution >= 4 is 28.2 Å². The summed E-state index contributed by atoms with van der Waals surface area (Å²) in [6.45, 7) is 1.77. The second kappa shape index (κ2) is 6.49. The Morgan fingerprint density at radius 1 is 1.52 bits per heavy atom. The molecule has 1 atom stereocenters. The summed E-state index contributed by atoms with van der Waals surface area (Å²) in [5.74, 6) is -1.35. The van der Waals surface area contributed by atoms with Gasteiger partial charge in [0.2, 0.25) is 0 Å². The van der Waals surface area contributed by atoms with Gasteiger partial charge in [0.1, 0.15) is 5.56 Å². The van der Waals surface area contributed by atoms with Crippen LogP contribution in [0.1, 0.15) is 36.5 Å². The Labute approximate surface area is 124 Å². The van der Waals surface area contributed by atoms with Crippen molar-refractivity contribution in [3.63, 3.8) is 0 Å². The number of fused-ring (bicyclic) bond motifs is 1. The highest BCUT2D eigenvalue weighted by Gasteiger charge is 2.15. The smallest absolute Gasteiger partial charge is 0.303 e. The van der Waals surface area contributed by atoms with E-state index >= 15 is 0 Å². The van der Waals surface area contributed by atoms with Gasteiger partial charge in [0.25, 0.3) is 11.5 Å². The summed E-state index contributed by atoms with van der Waals surface area (Å²) in [4.78, 5) is 39.2. The minimum atomic E-state index is -0.862. The van der Waals surface area contributed by atoms with Crippen molar-refractivity contribution in [1.29, 1.82) is 0 Å². The van der Waals surface area contributed by atoms with Crippen LogP contribution in [0.15, 0.2) is 22.6 Å². The first-order chi connectivity index (χ1) is 9.99. The summed E-state index contributed by atoms with van der Waals surface area (Å²) in [6.07, 6.45) is 3.91. The molecular weight excluding hydrogens is 294 g/mol. The maximum absolute atomic E-state index is 12.1. The van der Waals surface area contributed by atoms with E-state index in [2.05, 4.69) is 10.3 Å². The molecule has 0 aromatic carbocycles. The van der Waals surface area contributed by atoms with Crippen molar-refractivity contribution in [1.82, 2.24) is 14.7 Å². The van der Waals surface area contributed by atoms with E-state index in [1.807, 2.05) is 0 Å². The topological polar surface area (TPSA) is 101 Å². The summed E-state index contributed by atoms with van der Waals surface area (Å²) >= 11 is 1.31. The Hall–Kier alpha value is -2.22. The molecule has 0 aliphatic carbocycles. The van der Waals surface area contributed by atoms with Gasteiger partial charge in [-0.15, -0.1) is 11.3 Å². The second-order valence-electron chi connectivity index (χ2n) is 4.69. The molecule has 2 rings (SSSR count). The number of aliphatic carboxylic acids is 1. The van der Waals surface area contributed by atoms with E-state index in [-0.39, 0.29) is 18.0 Å². The molecule has 0 aliphatic rings. The normalized spacial score (nSPS) is 12.2. The zero-order valence-corrected chi connectivity index (χ0v) is 12.2. The molecule has 1 unspecified atom stereocenters. The molecule has 0 spiro atoms. The molecule has 2 N–H and O–H groups in total. The zero-order chi connectivity index (χ0) is 15.4. The van der Waals surface area contributed by atoms with Gasteiger partial charge in [-0.3, -0.25) is 18.8 Å². The van der Waals surface area contributed by atoms with E-state index in [0.29, 0.717) is 17.8 Å². The lowest BCUT2D eigenvalue weighted by atomic mass is 10.1. The number of thiazole rings is 1. The fourth-order valence-corrected chi connectivity index (χ4v) is 2.59.